The van der Waals surface area contributed by atoms with Gasteiger partial charge in [0.1, 0.15) is 5.66 Å². The van der Waals surface area contributed by atoms with E-state index in [0.717, 1.165) is 23.4 Å². The van der Waals surface area contributed by atoms with Crippen LogP contribution in [-0.2, 0) is 10.2 Å². The van der Waals surface area contributed by atoms with E-state index < -0.39 is 5.66 Å². The summed E-state index contributed by atoms with van der Waals surface area (Å²) in [5.74, 6) is 1.49. The quantitative estimate of drug-likeness (QED) is 0.771. The Balaban J connectivity index is 1.72. The van der Waals surface area contributed by atoms with Crippen LogP contribution in [0.2, 0.25) is 0 Å². The average molecular weight is 407 g/mol. The third-order valence-corrected chi connectivity index (χ3v) is 6.29. The summed E-state index contributed by atoms with van der Waals surface area (Å²) in [6.07, 6.45) is 5.12. The number of rotatable bonds is 6. The van der Waals surface area contributed by atoms with Gasteiger partial charge in [0, 0.05) is 11.1 Å². The van der Waals surface area contributed by atoms with Crippen molar-refractivity contribution in [1.29, 1.82) is 0 Å². The van der Waals surface area contributed by atoms with Gasteiger partial charge >= 0.3 is 0 Å². The summed E-state index contributed by atoms with van der Waals surface area (Å²) in [6, 6.07) is 12.4. The lowest BCUT2D eigenvalue weighted by Crippen LogP contribution is -2.58. The van der Waals surface area contributed by atoms with Crippen LogP contribution >= 0.6 is 0 Å². The summed E-state index contributed by atoms with van der Waals surface area (Å²) < 4.78 is 11.3. The zero-order chi connectivity index (χ0) is 21.5. The van der Waals surface area contributed by atoms with E-state index in [0.29, 0.717) is 18.9 Å². The number of aryl methyl sites for hydroxylation is 1. The van der Waals surface area contributed by atoms with Gasteiger partial charge < -0.3 is 19.7 Å². The van der Waals surface area contributed by atoms with Crippen molar-refractivity contribution in [3.63, 3.8) is 0 Å². The number of fused-ring (bicyclic) bond motifs is 3. The van der Waals surface area contributed by atoms with E-state index in [9.17, 15) is 4.79 Å². The van der Waals surface area contributed by atoms with Gasteiger partial charge in [0.2, 0.25) is 5.91 Å². The number of ether oxygens (including phenoxy) is 2. The molecule has 1 N–H and O–H groups in total. The normalized spacial score (nSPS) is 21.5. The second kappa shape index (κ2) is 7.38. The Labute approximate surface area is 178 Å². The standard InChI is InChI=1S/C25H30N2O3/c1-6-13-30-21-10-8-18(15-22(21)29-5)11-12-25-24(3,4)19-14-17(2)7-9-20(19)27(25)16-23(28)26-25/h7-12,14-15H,6,13,16H2,1-5H3,(H,26,28). The molecule has 5 nitrogen and oxygen atoms in total. The number of carbonyl (C=O) groups is 1. The van der Waals surface area contributed by atoms with Crippen LogP contribution in [0.4, 0.5) is 5.69 Å². The summed E-state index contributed by atoms with van der Waals surface area (Å²) in [4.78, 5) is 14.7. The average Bonchev–Trinajstić information content (AvgIpc) is 3.15. The van der Waals surface area contributed by atoms with Gasteiger partial charge in [0.05, 0.1) is 20.3 Å². The largest absolute Gasteiger partial charge is 0.493 e. The second-order valence-corrected chi connectivity index (χ2v) is 8.64. The highest BCUT2D eigenvalue weighted by atomic mass is 16.5. The lowest BCUT2D eigenvalue weighted by atomic mass is 9.75. The third-order valence-electron chi connectivity index (χ3n) is 6.29. The number of nitrogens with one attached hydrogen (secondary N) is 1. The monoisotopic (exact) mass is 406 g/mol. The first-order valence-corrected chi connectivity index (χ1v) is 10.5. The number of benzene rings is 2. The predicted molar refractivity (Wildman–Crippen MR) is 120 cm³/mol. The van der Waals surface area contributed by atoms with Crippen LogP contribution in [0.5, 0.6) is 11.5 Å². The van der Waals surface area contributed by atoms with Crippen LogP contribution in [-0.4, -0.2) is 31.8 Å². The van der Waals surface area contributed by atoms with Crippen molar-refractivity contribution >= 4 is 17.7 Å². The maximum absolute atomic E-state index is 12.5. The molecule has 1 amide bonds. The lowest BCUT2D eigenvalue weighted by molar-refractivity contribution is -0.118. The summed E-state index contributed by atoms with van der Waals surface area (Å²) in [5, 5.41) is 3.27. The van der Waals surface area contributed by atoms with Gasteiger partial charge in [0.25, 0.3) is 0 Å². The predicted octanol–water partition coefficient (Wildman–Crippen LogP) is 4.43. The molecule has 2 aromatic carbocycles. The number of hydrogen-bond acceptors (Lipinski definition) is 4. The van der Waals surface area contributed by atoms with E-state index in [-0.39, 0.29) is 11.3 Å². The van der Waals surface area contributed by atoms with Gasteiger partial charge in [0.15, 0.2) is 11.5 Å². The molecular formula is C25H30N2O3. The van der Waals surface area contributed by atoms with Crippen molar-refractivity contribution in [2.75, 3.05) is 25.2 Å². The van der Waals surface area contributed by atoms with Gasteiger partial charge in [-0.05, 0) is 48.7 Å². The first kappa shape index (κ1) is 20.3. The van der Waals surface area contributed by atoms with Crippen LogP contribution < -0.4 is 19.7 Å². The van der Waals surface area contributed by atoms with Crippen molar-refractivity contribution in [3.8, 4) is 11.5 Å². The summed E-state index contributed by atoms with van der Waals surface area (Å²) in [7, 11) is 1.65. The smallest absolute Gasteiger partial charge is 0.241 e. The Kier molecular flexibility index (Phi) is 5.00. The maximum Gasteiger partial charge on any atom is 0.241 e. The number of anilines is 1. The minimum absolute atomic E-state index is 0.0415. The Bertz CT molecular complexity index is 1010. The van der Waals surface area contributed by atoms with Gasteiger partial charge in [-0.15, -0.1) is 0 Å². The number of amides is 1. The van der Waals surface area contributed by atoms with Gasteiger partial charge in [-0.3, -0.25) is 4.79 Å². The molecule has 0 spiro atoms. The minimum atomic E-state index is -0.606. The number of methoxy groups -OCH3 is 1. The fourth-order valence-electron chi connectivity index (χ4n) is 4.62. The van der Waals surface area contributed by atoms with E-state index >= 15 is 0 Å². The fourth-order valence-corrected chi connectivity index (χ4v) is 4.62. The third kappa shape index (κ3) is 3.04. The van der Waals surface area contributed by atoms with E-state index in [4.69, 9.17) is 9.47 Å². The zero-order valence-electron chi connectivity index (χ0n) is 18.4. The molecule has 0 saturated carbocycles. The highest BCUT2D eigenvalue weighted by Gasteiger charge is 2.59. The molecule has 30 heavy (non-hydrogen) atoms. The van der Waals surface area contributed by atoms with E-state index in [1.165, 1.54) is 11.1 Å². The van der Waals surface area contributed by atoms with E-state index in [1.54, 1.807) is 7.11 Å². The van der Waals surface area contributed by atoms with Crippen molar-refractivity contribution in [2.45, 2.75) is 45.2 Å². The molecule has 2 aromatic rings. The Hall–Kier alpha value is -2.95. The maximum atomic E-state index is 12.5. The molecule has 4 rings (SSSR count). The first-order valence-electron chi connectivity index (χ1n) is 10.5. The van der Waals surface area contributed by atoms with Crippen molar-refractivity contribution in [2.24, 2.45) is 0 Å². The summed E-state index contributed by atoms with van der Waals surface area (Å²) in [5.41, 5.74) is 3.70. The van der Waals surface area contributed by atoms with Crippen LogP contribution in [0.15, 0.2) is 42.5 Å². The van der Waals surface area contributed by atoms with Crippen LogP contribution in [0.25, 0.3) is 6.08 Å². The van der Waals surface area contributed by atoms with Gasteiger partial charge in [-0.25, -0.2) is 0 Å². The van der Waals surface area contributed by atoms with E-state index in [1.807, 2.05) is 18.2 Å². The van der Waals surface area contributed by atoms with Crippen LogP contribution in [0, 0.1) is 6.92 Å². The zero-order valence-corrected chi connectivity index (χ0v) is 18.4. The molecular weight excluding hydrogens is 376 g/mol. The van der Waals surface area contributed by atoms with Gasteiger partial charge in [-0.2, -0.15) is 0 Å². The molecule has 0 radical (unpaired) electrons. The first-order chi connectivity index (χ1) is 14.3. The molecule has 2 heterocycles. The number of hydrogen-bond donors (Lipinski definition) is 1. The molecule has 0 aromatic heterocycles. The number of carbonyl (C=O) groups excluding carboxylic acids is 1. The lowest BCUT2D eigenvalue weighted by Gasteiger charge is -2.40. The SMILES string of the molecule is CCCOc1ccc(C=CC23NC(=O)CN2c2ccc(C)cc2C3(C)C)cc1OC. The van der Waals surface area contributed by atoms with Crippen molar-refractivity contribution < 1.29 is 14.3 Å². The summed E-state index contributed by atoms with van der Waals surface area (Å²) >= 11 is 0. The molecule has 1 saturated heterocycles. The van der Waals surface area contributed by atoms with Gasteiger partial charge in [-0.1, -0.05) is 50.6 Å². The molecule has 158 valence electrons. The molecule has 1 atom stereocenters. The highest BCUT2D eigenvalue weighted by molar-refractivity contribution is 5.91. The molecule has 1 unspecified atom stereocenters. The Morgan fingerprint density at radius 3 is 2.70 bits per heavy atom. The highest BCUT2D eigenvalue weighted by Crippen LogP contribution is 2.53. The Morgan fingerprint density at radius 1 is 1.17 bits per heavy atom. The van der Waals surface area contributed by atoms with Crippen LogP contribution in [0.1, 0.15) is 43.9 Å². The van der Waals surface area contributed by atoms with Crippen molar-refractivity contribution in [3.05, 3.63) is 59.2 Å². The van der Waals surface area contributed by atoms with Crippen molar-refractivity contribution in [1.82, 2.24) is 5.32 Å². The molecule has 5 heteroatoms. The fraction of sp³-hybridized carbons (Fsp3) is 0.400. The molecule has 0 bridgehead atoms. The Morgan fingerprint density at radius 2 is 1.97 bits per heavy atom. The molecule has 2 aliphatic rings. The minimum Gasteiger partial charge on any atom is -0.493 e. The van der Waals surface area contributed by atoms with Crippen LogP contribution in [0.3, 0.4) is 0 Å². The summed E-state index contributed by atoms with van der Waals surface area (Å²) in [6.45, 7) is 9.59. The molecule has 2 aliphatic heterocycles. The molecule has 0 aliphatic carbocycles. The topological polar surface area (TPSA) is 50.8 Å². The molecule has 1 fully saturated rings. The second-order valence-electron chi connectivity index (χ2n) is 8.64. The number of nitrogens with zero attached hydrogens (tertiary/aromatic N) is 1. The van der Waals surface area contributed by atoms with E-state index in [2.05, 4.69) is 68.3 Å².